The summed E-state index contributed by atoms with van der Waals surface area (Å²) in [6.45, 7) is 2.16. The van der Waals surface area contributed by atoms with Gasteiger partial charge in [-0.3, -0.25) is 4.90 Å². The van der Waals surface area contributed by atoms with Gasteiger partial charge in [-0.2, -0.15) is 0 Å². The first-order valence-corrected chi connectivity index (χ1v) is 5.37. The van der Waals surface area contributed by atoms with Crippen molar-refractivity contribution in [3.05, 3.63) is 0 Å². The summed E-state index contributed by atoms with van der Waals surface area (Å²) in [5, 5.41) is 0. The number of rotatable bonds is 1. The minimum absolute atomic E-state index is 0.405. The summed E-state index contributed by atoms with van der Waals surface area (Å²) in [6.07, 6.45) is 6.84. The molecule has 0 bridgehead atoms. The van der Waals surface area contributed by atoms with E-state index in [0.717, 1.165) is 0 Å². The first kappa shape index (κ1) is 10.6. The number of hydrogen-bond acceptors (Lipinski definition) is 1. The van der Waals surface area contributed by atoms with Gasteiger partial charge < -0.3 is 0 Å². The molecule has 0 aromatic carbocycles. The molecular weight excluding hydrogens is 158 g/mol. The summed E-state index contributed by atoms with van der Waals surface area (Å²) in [5.41, 5.74) is 0. The molecule has 1 fully saturated rings. The van der Waals surface area contributed by atoms with Gasteiger partial charge in [0.15, 0.2) is 0 Å². The Bertz CT molecular complexity index is 191. The van der Waals surface area contributed by atoms with Crippen LogP contribution in [0.5, 0.6) is 0 Å². The minimum atomic E-state index is 0.405. The van der Waals surface area contributed by atoms with Gasteiger partial charge in [0.1, 0.15) is 0 Å². The zero-order chi connectivity index (χ0) is 9.68. The van der Waals surface area contributed by atoms with E-state index in [9.17, 15) is 0 Å². The Labute approximate surface area is 82.5 Å². The molecule has 0 amide bonds. The van der Waals surface area contributed by atoms with Crippen LogP contribution in [0.15, 0.2) is 0 Å². The molecule has 0 spiro atoms. The van der Waals surface area contributed by atoms with Crippen molar-refractivity contribution in [2.24, 2.45) is 5.92 Å². The summed E-state index contributed by atoms with van der Waals surface area (Å²) in [6, 6.07) is 0.405. The zero-order valence-electron chi connectivity index (χ0n) is 9.14. The smallest absolute Gasteiger partial charge is 0.0681 e. The van der Waals surface area contributed by atoms with Crippen LogP contribution in [0, 0.1) is 17.8 Å². The molecule has 1 atom stereocenters. The largest absolute Gasteiger partial charge is 0.296 e. The summed E-state index contributed by atoms with van der Waals surface area (Å²) >= 11 is 0. The van der Waals surface area contributed by atoms with Crippen molar-refractivity contribution >= 4 is 0 Å². The number of hydrogen-bond donors (Lipinski definition) is 0. The summed E-state index contributed by atoms with van der Waals surface area (Å²) in [4.78, 5) is 2.16. The lowest BCUT2D eigenvalue weighted by Crippen LogP contribution is -2.22. The molecule has 74 valence electrons. The minimum Gasteiger partial charge on any atom is -0.296 e. The third kappa shape index (κ3) is 3.83. The van der Waals surface area contributed by atoms with Crippen LogP contribution >= 0.6 is 0 Å². The van der Waals surface area contributed by atoms with Gasteiger partial charge in [0.2, 0.25) is 0 Å². The highest BCUT2D eigenvalue weighted by atomic mass is 15.1. The predicted octanol–water partition coefficient (Wildman–Crippen LogP) is 2.52. The quantitative estimate of drug-likeness (QED) is 0.559. The van der Waals surface area contributed by atoms with Gasteiger partial charge >= 0.3 is 0 Å². The van der Waals surface area contributed by atoms with Gasteiger partial charge in [-0.1, -0.05) is 31.1 Å². The van der Waals surface area contributed by atoms with E-state index in [2.05, 4.69) is 37.8 Å². The van der Waals surface area contributed by atoms with Gasteiger partial charge in [-0.15, -0.1) is 0 Å². The Morgan fingerprint density at radius 1 is 1.15 bits per heavy atom. The van der Waals surface area contributed by atoms with Crippen molar-refractivity contribution in [2.75, 3.05) is 14.1 Å². The van der Waals surface area contributed by atoms with Crippen molar-refractivity contribution in [3.63, 3.8) is 0 Å². The van der Waals surface area contributed by atoms with E-state index in [1.54, 1.807) is 0 Å². The third-order valence-electron chi connectivity index (χ3n) is 2.88. The highest BCUT2D eigenvalue weighted by Gasteiger charge is 2.10. The van der Waals surface area contributed by atoms with Crippen LogP contribution in [-0.4, -0.2) is 25.0 Å². The second kappa shape index (κ2) is 5.29. The maximum atomic E-state index is 3.41. The Hall–Kier alpha value is -0.480. The lowest BCUT2D eigenvalue weighted by molar-refractivity contribution is 0.371. The molecule has 1 heteroatoms. The van der Waals surface area contributed by atoms with Crippen molar-refractivity contribution in [1.29, 1.82) is 0 Å². The molecule has 1 nitrogen and oxygen atoms in total. The molecule has 1 rings (SSSR count). The Morgan fingerprint density at radius 2 is 1.77 bits per heavy atom. The number of nitrogens with zero attached hydrogens (tertiary/aromatic N) is 1. The molecule has 0 radical (unpaired) electrons. The summed E-state index contributed by atoms with van der Waals surface area (Å²) in [7, 11) is 4.17. The monoisotopic (exact) mass is 179 g/mol. The van der Waals surface area contributed by atoms with E-state index in [0.29, 0.717) is 12.0 Å². The molecule has 13 heavy (non-hydrogen) atoms. The lowest BCUT2D eigenvalue weighted by atomic mass is 9.90. The van der Waals surface area contributed by atoms with Crippen molar-refractivity contribution in [3.8, 4) is 11.8 Å². The molecule has 1 aliphatic carbocycles. The van der Waals surface area contributed by atoms with Crippen LogP contribution in [-0.2, 0) is 0 Å². The van der Waals surface area contributed by atoms with E-state index in [4.69, 9.17) is 0 Å². The second-order valence-corrected chi connectivity index (χ2v) is 4.26. The molecule has 1 unspecified atom stereocenters. The zero-order valence-corrected chi connectivity index (χ0v) is 9.14. The van der Waals surface area contributed by atoms with Gasteiger partial charge in [0.25, 0.3) is 0 Å². The maximum absolute atomic E-state index is 3.41. The van der Waals surface area contributed by atoms with Crippen molar-refractivity contribution in [2.45, 2.75) is 45.1 Å². The molecule has 0 aromatic heterocycles. The van der Waals surface area contributed by atoms with Gasteiger partial charge in [0, 0.05) is 5.92 Å². The fraction of sp³-hybridized carbons (Fsp3) is 0.833. The molecule has 0 saturated heterocycles. The van der Waals surface area contributed by atoms with E-state index >= 15 is 0 Å². The van der Waals surface area contributed by atoms with Crippen LogP contribution < -0.4 is 0 Å². The SMILES string of the molecule is CC(C#CC1CCCCC1)N(C)C. The average Bonchev–Trinajstić information content (AvgIpc) is 2.15. The third-order valence-corrected chi connectivity index (χ3v) is 2.88. The molecule has 1 saturated carbocycles. The van der Waals surface area contributed by atoms with Crippen molar-refractivity contribution < 1.29 is 0 Å². The molecule has 1 aliphatic rings. The van der Waals surface area contributed by atoms with Crippen LogP contribution in [0.3, 0.4) is 0 Å². The summed E-state index contributed by atoms with van der Waals surface area (Å²) < 4.78 is 0. The fourth-order valence-corrected chi connectivity index (χ4v) is 1.61. The first-order valence-electron chi connectivity index (χ1n) is 5.37. The van der Waals surface area contributed by atoms with E-state index < -0.39 is 0 Å². The summed E-state index contributed by atoms with van der Waals surface area (Å²) in [5.74, 6) is 7.43. The molecule has 0 N–H and O–H groups in total. The Morgan fingerprint density at radius 3 is 2.31 bits per heavy atom. The van der Waals surface area contributed by atoms with E-state index in [-0.39, 0.29) is 0 Å². The highest BCUT2D eigenvalue weighted by molar-refractivity contribution is 5.09. The van der Waals surface area contributed by atoms with Crippen LogP contribution in [0.25, 0.3) is 0 Å². The van der Waals surface area contributed by atoms with Crippen molar-refractivity contribution in [1.82, 2.24) is 4.90 Å². The van der Waals surface area contributed by atoms with E-state index in [1.807, 2.05) is 0 Å². The first-order chi connectivity index (χ1) is 6.20. The Kier molecular flexibility index (Phi) is 4.32. The fourth-order valence-electron chi connectivity index (χ4n) is 1.61. The maximum Gasteiger partial charge on any atom is 0.0681 e. The van der Waals surface area contributed by atoms with Gasteiger partial charge in [-0.25, -0.2) is 0 Å². The van der Waals surface area contributed by atoms with Gasteiger partial charge in [0.05, 0.1) is 6.04 Å². The van der Waals surface area contributed by atoms with Crippen LogP contribution in [0.2, 0.25) is 0 Å². The Balaban J connectivity index is 2.36. The molecule has 0 heterocycles. The second-order valence-electron chi connectivity index (χ2n) is 4.26. The average molecular weight is 179 g/mol. The lowest BCUT2D eigenvalue weighted by Gasteiger charge is -2.17. The molecule has 0 aromatic rings. The highest BCUT2D eigenvalue weighted by Crippen LogP contribution is 2.22. The topological polar surface area (TPSA) is 3.24 Å². The van der Waals surface area contributed by atoms with Crippen LogP contribution in [0.1, 0.15) is 39.0 Å². The molecular formula is C12H21N. The standard InChI is InChI=1S/C12H21N/c1-11(13(2)3)9-10-12-7-5-4-6-8-12/h11-12H,4-8H2,1-3H3. The normalized spacial score (nSPS) is 20.9. The van der Waals surface area contributed by atoms with Crippen LogP contribution in [0.4, 0.5) is 0 Å². The van der Waals surface area contributed by atoms with Gasteiger partial charge in [-0.05, 0) is 33.9 Å². The predicted molar refractivity (Wildman–Crippen MR) is 57.5 cm³/mol. The molecule has 0 aliphatic heterocycles. The van der Waals surface area contributed by atoms with E-state index in [1.165, 1.54) is 32.1 Å².